The molecule has 1 saturated heterocycles. The van der Waals surface area contributed by atoms with Crippen LogP contribution in [0.5, 0.6) is 5.75 Å². The number of hydrogen-bond donors (Lipinski definition) is 2. The largest absolute Gasteiger partial charge is 0.495 e. The van der Waals surface area contributed by atoms with Crippen molar-refractivity contribution in [2.45, 2.75) is 43.4 Å². The van der Waals surface area contributed by atoms with Crippen LogP contribution in [0.25, 0.3) is 0 Å². The summed E-state index contributed by atoms with van der Waals surface area (Å²) in [6, 6.07) is 8.11. The highest BCUT2D eigenvalue weighted by Crippen LogP contribution is 2.30. The lowest BCUT2D eigenvalue weighted by molar-refractivity contribution is -0.120. The van der Waals surface area contributed by atoms with Gasteiger partial charge in [-0.15, -0.1) is 11.3 Å². The van der Waals surface area contributed by atoms with Gasteiger partial charge < -0.3 is 14.8 Å². The SMILES string of the molecule is COc1ccc(NC(=O)C2CCCN(S(=O)(=O)c3cccs3)C2)cc1NC(=O)OC(C)(C)C. The van der Waals surface area contributed by atoms with E-state index >= 15 is 0 Å². The number of nitrogens with one attached hydrogen (secondary N) is 2. The van der Waals surface area contributed by atoms with Gasteiger partial charge in [0.2, 0.25) is 5.91 Å². The molecular weight excluding hydrogens is 466 g/mol. The first kappa shape index (κ1) is 25.0. The van der Waals surface area contributed by atoms with E-state index in [1.165, 1.54) is 11.4 Å². The van der Waals surface area contributed by atoms with Crippen molar-refractivity contribution < 1.29 is 27.5 Å². The molecule has 9 nitrogen and oxygen atoms in total. The summed E-state index contributed by atoms with van der Waals surface area (Å²) >= 11 is 1.16. The van der Waals surface area contributed by atoms with Crippen molar-refractivity contribution in [2.75, 3.05) is 30.8 Å². The predicted molar refractivity (Wildman–Crippen MR) is 127 cm³/mol. The predicted octanol–water partition coefficient (Wildman–Crippen LogP) is 4.14. The van der Waals surface area contributed by atoms with Gasteiger partial charge >= 0.3 is 6.09 Å². The highest BCUT2D eigenvalue weighted by molar-refractivity contribution is 7.91. The fraction of sp³-hybridized carbons (Fsp3) is 0.455. The van der Waals surface area contributed by atoms with Crippen LogP contribution in [-0.4, -0.2) is 50.5 Å². The normalized spacial score (nSPS) is 17.3. The van der Waals surface area contributed by atoms with Crippen LogP contribution in [0.4, 0.5) is 16.2 Å². The van der Waals surface area contributed by atoms with Crippen molar-refractivity contribution in [1.29, 1.82) is 0 Å². The van der Waals surface area contributed by atoms with Crippen LogP contribution < -0.4 is 15.4 Å². The third kappa shape index (κ3) is 6.46. The number of methoxy groups -OCH3 is 1. The van der Waals surface area contributed by atoms with Gasteiger partial charge in [0.1, 0.15) is 15.6 Å². The van der Waals surface area contributed by atoms with Gasteiger partial charge in [-0.1, -0.05) is 6.07 Å². The number of carbonyl (C=O) groups is 2. The topological polar surface area (TPSA) is 114 Å². The molecule has 3 rings (SSSR count). The molecule has 1 aliphatic rings. The Bertz CT molecular complexity index is 1090. The molecule has 1 fully saturated rings. The summed E-state index contributed by atoms with van der Waals surface area (Å²) in [7, 11) is -2.14. The summed E-state index contributed by atoms with van der Waals surface area (Å²) in [4.78, 5) is 25.1. The van der Waals surface area contributed by atoms with Gasteiger partial charge in [-0.2, -0.15) is 4.31 Å². The van der Waals surface area contributed by atoms with Gasteiger partial charge in [0.25, 0.3) is 10.0 Å². The zero-order valence-corrected chi connectivity index (χ0v) is 20.7. The Morgan fingerprint density at radius 1 is 1.18 bits per heavy atom. The van der Waals surface area contributed by atoms with E-state index in [4.69, 9.17) is 9.47 Å². The summed E-state index contributed by atoms with van der Waals surface area (Å²) in [6.07, 6.45) is 0.532. The minimum atomic E-state index is -3.61. The summed E-state index contributed by atoms with van der Waals surface area (Å²) in [6.45, 7) is 5.77. The monoisotopic (exact) mass is 495 g/mol. The number of benzene rings is 1. The van der Waals surface area contributed by atoms with Gasteiger partial charge in [0.05, 0.1) is 18.7 Å². The minimum absolute atomic E-state index is 0.116. The van der Waals surface area contributed by atoms with E-state index in [1.807, 2.05) is 0 Å². The number of amides is 2. The fourth-order valence-corrected chi connectivity index (χ4v) is 6.12. The summed E-state index contributed by atoms with van der Waals surface area (Å²) in [5, 5.41) is 7.17. The number of nitrogens with zero attached hydrogens (tertiary/aromatic N) is 1. The van der Waals surface area contributed by atoms with E-state index in [1.54, 1.807) is 56.5 Å². The maximum absolute atomic E-state index is 12.9. The highest BCUT2D eigenvalue weighted by atomic mass is 32.2. The number of carbonyl (C=O) groups excluding carboxylic acids is 2. The van der Waals surface area contributed by atoms with Crippen molar-refractivity contribution in [3.05, 3.63) is 35.7 Å². The van der Waals surface area contributed by atoms with Crippen LogP contribution in [-0.2, 0) is 19.6 Å². The van der Waals surface area contributed by atoms with Crippen LogP contribution in [0.3, 0.4) is 0 Å². The Balaban J connectivity index is 1.70. The second-order valence-electron chi connectivity index (χ2n) is 8.67. The number of hydrogen-bond acceptors (Lipinski definition) is 7. The van der Waals surface area contributed by atoms with E-state index in [9.17, 15) is 18.0 Å². The van der Waals surface area contributed by atoms with Crippen LogP contribution in [0.2, 0.25) is 0 Å². The number of ether oxygens (including phenoxy) is 2. The molecule has 0 spiro atoms. The third-order valence-corrected chi connectivity index (χ3v) is 8.18. The van der Waals surface area contributed by atoms with Gasteiger partial charge in [-0.25, -0.2) is 13.2 Å². The van der Waals surface area contributed by atoms with Crippen molar-refractivity contribution in [3.8, 4) is 5.75 Å². The number of piperidine rings is 1. The van der Waals surface area contributed by atoms with E-state index in [0.29, 0.717) is 36.5 Å². The zero-order valence-electron chi connectivity index (χ0n) is 19.1. The van der Waals surface area contributed by atoms with Gasteiger partial charge in [0, 0.05) is 18.8 Å². The van der Waals surface area contributed by atoms with E-state index < -0.39 is 27.6 Å². The average Bonchev–Trinajstić information content (AvgIpc) is 3.28. The molecule has 0 radical (unpaired) electrons. The first-order valence-electron chi connectivity index (χ1n) is 10.5. The smallest absolute Gasteiger partial charge is 0.412 e. The maximum Gasteiger partial charge on any atom is 0.412 e. The number of thiophene rings is 1. The average molecular weight is 496 g/mol. The molecule has 2 N–H and O–H groups in total. The molecule has 1 unspecified atom stereocenters. The van der Waals surface area contributed by atoms with Crippen LogP contribution in [0.1, 0.15) is 33.6 Å². The molecule has 0 bridgehead atoms. The number of anilines is 2. The summed E-state index contributed by atoms with van der Waals surface area (Å²) in [5.74, 6) is -0.364. The van der Waals surface area contributed by atoms with Gasteiger partial charge in [-0.05, 0) is 63.3 Å². The van der Waals surface area contributed by atoms with Crippen LogP contribution in [0.15, 0.2) is 39.9 Å². The highest BCUT2D eigenvalue weighted by Gasteiger charge is 2.34. The molecule has 0 aliphatic carbocycles. The molecule has 33 heavy (non-hydrogen) atoms. The molecular formula is C22H29N3O6S2. The Morgan fingerprint density at radius 3 is 2.58 bits per heavy atom. The number of sulfonamides is 1. The Labute approximate surface area is 198 Å². The molecule has 2 heterocycles. The zero-order chi connectivity index (χ0) is 24.2. The minimum Gasteiger partial charge on any atom is -0.495 e. The molecule has 11 heteroatoms. The standard InChI is InChI=1S/C22H29N3O6S2/c1-22(2,3)31-21(27)24-17-13-16(9-10-18(17)30-4)23-20(26)15-7-5-11-25(14-15)33(28,29)19-8-6-12-32-19/h6,8-10,12-13,15H,5,7,11,14H2,1-4H3,(H,23,26)(H,24,27). The van der Waals surface area contributed by atoms with E-state index in [0.717, 1.165) is 11.3 Å². The second kappa shape index (κ2) is 10.1. The lowest BCUT2D eigenvalue weighted by Crippen LogP contribution is -2.43. The lowest BCUT2D eigenvalue weighted by atomic mass is 9.98. The molecule has 2 aromatic rings. The maximum atomic E-state index is 12.9. The molecule has 1 aromatic heterocycles. The molecule has 1 aromatic carbocycles. The first-order valence-corrected chi connectivity index (χ1v) is 12.8. The quantitative estimate of drug-likeness (QED) is 0.623. The molecule has 2 amide bonds. The Hall–Kier alpha value is -2.63. The Kier molecular flexibility index (Phi) is 7.65. The molecule has 180 valence electrons. The van der Waals surface area contributed by atoms with Crippen molar-refractivity contribution in [1.82, 2.24) is 4.31 Å². The summed E-state index contributed by atoms with van der Waals surface area (Å²) in [5.41, 5.74) is 0.125. The second-order valence-corrected chi connectivity index (χ2v) is 11.8. The van der Waals surface area contributed by atoms with Crippen molar-refractivity contribution >= 4 is 44.7 Å². The number of rotatable bonds is 6. The molecule has 1 atom stereocenters. The third-order valence-electron chi connectivity index (χ3n) is 4.95. The van der Waals surface area contributed by atoms with Crippen molar-refractivity contribution in [3.63, 3.8) is 0 Å². The van der Waals surface area contributed by atoms with Gasteiger partial charge in [0.15, 0.2) is 0 Å². The lowest BCUT2D eigenvalue weighted by Gasteiger charge is -2.30. The fourth-order valence-electron chi connectivity index (χ4n) is 3.45. The van der Waals surface area contributed by atoms with E-state index in [-0.39, 0.29) is 16.7 Å². The molecule has 1 aliphatic heterocycles. The van der Waals surface area contributed by atoms with Crippen LogP contribution in [0, 0.1) is 5.92 Å². The van der Waals surface area contributed by atoms with Crippen molar-refractivity contribution in [2.24, 2.45) is 5.92 Å². The molecule has 0 saturated carbocycles. The first-order chi connectivity index (χ1) is 15.5. The van der Waals surface area contributed by atoms with Crippen LogP contribution >= 0.6 is 11.3 Å². The Morgan fingerprint density at radius 2 is 1.94 bits per heavy atom. The summed E-state index contributed by atoms with van der Waals surface area (Å²) < 4.78 is 37.9. The van der Waals surface area contributed by atoms with Gasteiger partial charge in [-0.3, -0.25) is 10.1 Å². The van der Waals surface area contributed by atoms with E-state index in [2.05, 4.69) is 10.6 Å².